The van der Waals surface area contributed by atoms with Crippen LogP contribution in [-0.4, -0.2) is 24.2 Å². The molecule has 2 rings (SSSR count). The lowest BCUT2D eigenvalue weighted by atomic mass is 10.1. The van der Waals surface area contributed by atoms with Crippen LogP contribution >= 0.6 is 0 Å². The zero-order valence-electron chi connectivity index (χ0n) is 10.4. The molecule has 0 saturated carbocycles. The third-order valence-corrected chi connectivity index (χ3v) is 3.25. The van der Waals surface area contributed by atoms with Crippen LogP contribution in [0, 0.1) is 5.82 Å². The number of piperidine rings is 1. The van der Waals surface area contributed by atoms with E-state index in [1.54, 1.807) is 18.2 Å². The van der Waals surface area contributed by atoms with E-state index in [1.807, 2.05) is 0 Å². The molecule has 1 saturated heterocycles. The molecule has 3 heteroatoms. The van der Waals surface area contributed by atoms with E-state index in [4.69, 9.17) is 4.74 Å². The highest BCUT2D eigenvalue weighted by molar-refractivity contribution is 5.23. The van der Waals surface area contributed by atoms with Crippen LogP contribution in [0.25, 0.3) is 0 Å². The molecule has 0 bridgehead atoms. The van der Waals surface area contributed by atoms with Crippen molar-refractivity contribution in [3.8, 4) is 5.75 Å². The lowest BCUT2D eigenvalue weighted by Crippen LogP contribution is -2.42. The Hall–Kier alpha value is -1.09. The Labute approximate surface area is 102 Å². The number of halogens is 1. The average molecular weight is 237 g/mol. The van der Waals surface area contributed by atoms with Gasteiger partial charge in [0.1, 0.15) is 0 Å². The van der Waals surface area contributed by atoms with E-state index in [0.29, 0.717) is 5.75 Å². The van der Waals surface area contributed by atoms with Crippen molar-refractivity contribution in [2.24, 2.45) is 0 Å². The molecule has 1 fully saturated rings. The van der Waals surface area contributed by atoms with Gasteiger partial charge in [-0.2, -0.15) is 0 Å². The summed E-state index contributed by atoms with van der Waals surface area (Å²) < 4.78 is 19.3. The number of hydrogen-bond donors (Lipinski definition) is 0. The summed E-state index contributed by atoms with van der Waals surface area (Å²) in [6, 6.07) is 6.63. The lowest BCUT2D eigenvalue weighted by Gasteiger charge is -2.34. The van der Waals surface area contributed by atoms with E-state index in [0.717, 1.165) is 19.5 Å². The van der Waals surface area contributed by atoms with Crippen molar-refractivity contribution in [1.29, 1.82) is 0 Å². The molecule has 1 aliphatic heterocycles. The molecule has 2 nitrogen and oxygen atoms in total. The van der Waals surface area contributed by atoms with E-state index in [1.165, 1.54) is 25.3 Å². The monoisotopic (exact) mass is 237 g/mol. The van der Waals surface area contributed by atoms with E-state index >= 15 is 0 Å². The number of hydrogen-bond acceptors (Lipinski definition) is 2. The quantitative estimate of drug-likeness (QED) is 0.795. The molecule has 17 heavy (non-hydrogen) atoms. The Morgan fingerprint density at radius 3 is 2.59 bits per heavy atom. The van der Waals surface area contributed by atoms with E-state index < -0.39 is 0 Å². The Bertz CT molecular complexity index is 350. The topological polar surface area (TPSA) is 12.5 Å². The molecule has 1 unspecified atom stereocenters. The van der Waals surface area contributed by atoms with E-state index in [9.17, 15) is 4.39 Å². The number of para-hydroxylation sites is 1. The van der Waals surface area contributed by atoms with Crippen LogP contribution in [0.5, 0.6) is 5.75 Å². The zero-order chi connectivity index (χ0) is 12.1. The van der Waals surface area contributed by atoms with Crippen LogP contribution in [0.3, 0.4) is 0 Å². The molecule has 0 N–H and O–H groups in total. The molecule has 1 aliphatic rings. The fourth-order valence-electron chi connectivity index (χ4n) is 2.31. The van der Waals surface area contributed by atoms with Crippen molar-refractivity contribution >= 4 is 0 Å². The van der Waals surface area contributed by atoms with E-state index in [-0.39, 0.29) is 12.0 Å². The fourth-order valence-corrected chi connectivity index (χ4v) is 2.31. The van der Waals surface area contributed by atoms with Gasteiger partial charge in [-0.05, 0) is 31.4 Å². The molecule has 0 aliphatic carbocycles. The SMILES string of the molecule is CCC(Oc1ccccc1F)N1CCCCC1. The van der Waals surface area contributed by atoms with Gasteiger partial charge in [0, 0.05) is 13.1 Å². The zero-order valence-corrected chi connectivity index (χ0v) is 10.4. The number of nitrogens with zero attached hydrogens (tertiary/aromatic N) is 1. The van der Waals surface area contributed by atoms with Crippen LogP contribution in [0.4, 0.5) is 4.39 Å². The Kier molecular flexibility index (Phi) is 4.37. The molecule has 0 spiro atoms. The summed E-state index contributed by atoms with van der Waals surface area (Å²) in [4.78, 5) is 2.32. The molecule has 94 valence electrons. The minimum atomic E-state index is -0.275. The summed E-state index contributed by atoms with van der Waals surface area (Å²) in [6.07, 6.45) is 4.63. The van der Waals surface area contributed by atoms with Gasteiger partial charge in [-0.15, -0.1) is 0 Å². The highest BCUT2D eigenvalue weighted by Gasteiger charge is 2.21. The average Bonchev–Trinajstić information content (AvgIpc) is 2.39. The van der Waals surface area contributed by atoms with Crippen molar-refractivity contribution in [3.63, 3.8) is 0 Å². The molecule has 0 amide bonds. The van der Waals surface area contributed by atoms with Gasteiger partial charge < -0.3 is 4.74 Å². The van der Waals surface area contributed by atoms with Gasteiger partial charge in [0.2, 0.25) is 0 Å². The van der Waals surface area contributed by atoms with Gasteiger partial charge in [0.25, 0.3) is 0 Å². The van der Waals surface area contributed by atoms with Crippen LogP contribution in [0.1, 0.15) is 32.6 Å². The molecule has 0 radical (unpaired) electrons. The second-order valence-electron chi connectivity index (χ2n) is 4.51. The molecule has 1 heterocycles. The second-order valence-corrected chi connectivity index (χ2v) is 4.51. The summed E-state index contributed by atoms with van der Waals surface area (Å²) in [5, 5.41) is 0. The van der Waals surface area contributed by atoms with Crippen LogP contribution in [-0.2, 0) is 0 Å². The third-order valence-electron chi connectivity index (χ3n) is 3.25. The van der Waals surface area contributed by atoms with Crippen molar-refractivity contribution in [1.82, 2.24) is 4.90 Å². The highest BCUT2D eigenvalue weighted by atomic mass is 19.1. The van der Waals surface area contributed by atoms with Crippen molar-refractivity contribution in [2.75, 3.05) is 13.1 Å². The molecule has 1 atom stereocenters. The first-order valence-electron chi connectivity index (χ1n) is 6.46. The normalized spacial score (nSPS) is 18.9. The van der Waals surface area contributed by atoms with Gasteiger partial charge in [0.05, 0.1) is 0 Å². The molecular formula is C14H20FNO. The first-order chi connectivity index (χ1) is 8.31. The van der Waals surface area contributed by atoms with Crippen LogP contribution in [0.2, 0.25) is 0 Å². The fraction of sp³-hybridized carbons (Fsp3) is 0.571. The first kappa shape index (κ1) is 12.4. The highest BCUT2D eigenvalue weighted by Crippen LogP contribution is 2.21. The molecular weight excluding hydrogens is 217 g/mol. The van der Waals surface area contributed by atoms with Crippen LogP contribution < -0.4 is 4.74 Å². The predicted molar refractivity (Wildman–Crippen MR) is 66.5 cm³/mol. The maximum Gasteiger partial charge on any atom is 0.165 e. The second kappa shape index (κ2) is 6.01. The Morgan fingerprint density at radius 1 is 1.24 bits per heavy atom. The first-order valence-corrected chi connectivity index (χ1v) is 6.46. The lowest BCUT2D eigenvalue weighted by molar-refractivity contribution is 0.00734. The number of rotatable bonds is 4. The van der Waals surface area contributed by atoms with Gasteiger partial charge >= 0.3 is 0 Å². The predicted octanol–water partition coefficient (Wildman–Crippen LogP) is 3.43. The molecule has 1 aromatic carbocycles. The maximum atomic E-state index is 13.5. The van der Waals surface area contributed by atoms with Gasteiger partial charge in [-0.3, -0.25) is 4.90 Å². The van der Waals surface area contributed by atoms with Crippen LogP contribution in [0.15, 0.2) is 24.3 Å². The number of ether oxygens (including phenoxy) is 1. The Morgan fingerprint density at radius 2 is 1.94 bits per heavy atom. The van der Waals surface area contributed by atoms with E-state index in [2.05, 4.69) is 11.8 Å². The summed E-state index contributed by atoms with van der Waals surface area (Å²) in [7, 11) is 0. The number of benzene rings is 1. The minimum Gasteiger partial charge on any atom is -0.472 e. The maximum absolute atomic E-state index is 13.5. The van der Waals surface area contributed by atoms with Crippen molar-refractivity contribution < 1.29 is 9.13 Å². The summed E-state index contributed by atoms with van der Waals surface area (Å²) in [6.45, 7) is 4.21. The molecule has 1 aromatic rings. The van der Waals surface area contributed by atoms with Gasteiger partial charge in [-0.1, -0.05) is 25.5 Å². The molecule has 0 aromatic heterocycles. The summed E-state index contributed by atoms with van der Waals surface area (Å²) in [5.41, 5.74) is 0. The third kappa shape index (κ3) is 3.19. The van der Waals surface area contributed by atoms with Crippen molar-refractivity contribution in [3.05, 3.63) is 30.1 Å². The van der Waals surface area contributed by atoms with Gasteiger partial charge in [-0.25, -0.2) is 4.39 Å². The summed E-state index contributed by atoms with van der Waals surface area (Å²) in [5.74, 6) is 0.0906. The minimum absolute atomic E-state index is 0.00667. The standard InChI is InChI=1S/C14H20FNO/c1-2-14(16-10-6-3-7-11-16)17-13-9-5-4-8-12(13)15/h4-5,8-9,14H,2-3,6-7,10-11H2,1H3. The summed E-state index contributed by atoms with van der Waals surface area (Å²) >= 11 is 0. The number of likely N-dealkylation sites (tertiary alicyclic amines) is 1. The van der Waals surface area contributed by atoms with Crippen molar-refractivity contribution in [2.45, 2.75) is 38.8 Å². The smallest absolute Gasteiger partial charge is 0.165 e. The largest absolute Gasteiger partial charge is 0.472 e. The Balaban J connectivity index is 2.01. The van der Waals surface area contributed by atoms with Gasteiger partial charge in [0.15, 0.2) is 17.8 Å².